The first kappa shape index (κ1) is 14.0. The molecule has 1 aromatic carbocycles. The number of hydrogen-bond acceptors (Lipinski definition) is 6. The number of non-ortho nitro benzene ring substituents is 1. The summed E-state index contributed by atoms with van der Waals surface area (Å²) < 4.78 is 0. The first-order valence-corrected chi connectivity index (χ1v) is 6.51. The maximum Gasteiger partial charge on any atom is 0.271 e. The van der Waals surface area contributed by atoms with Crippen LogP contribution in [0.25, 0.3) is 0 Å². The Morgan fingerprint density at radius 3 is 3.00 bits per heavy atom. The molecule has 2 aromatic rings. The van der Waals surface area contributed by atoms with Crippen LogP contribution in [0.15, 0.2) is 35.7 Å². The van der Waals surface area contributed by atoms with Gasteiger partial charge in [0.15, 0.2) is 5.16 Å². The van der Waals surface area contributed by atoms with Gasteiger partial charge < -0.3 is 5.32 Å². The van der Waals surface area contributed by atoms with Crippen molar-refractivity contribution in [3.05, 3.63) is 40.7 Å². The highest BCUT2D eigenvalue weighted by molar-refractivity contribution is 8.00. The first-order chi connectivity index (χ1) is 9.56. The lowest BCUT2D eigenvalue weighted by Crippen LogP contribution is -2.22. The summed E-state index contributed by atoms with van der Waals surface area (Å²) in [7, 11) is 0. The number of aromatic amines is 1. The number of hydrogen-bond donors (Lipinski definition) is 2. The summed E-state index contributed by atoms with van der Waals surface area (Å²) in [5.41, 5.74) is 0.313. The molecule has 1 heterocycles. The minimum absolute atomic E-state index is 0.0710. The molecule has 1 atom stereocenters. The predicted octanol–water partition coefficient (Wildman–Crippen LogP) is 1.83. The zero-order chi connectivity index (χ0) is 14.5. The van der Waals surface area contributed by atoms with Gasteiger partial charge in [0.25, 0.3) is 5.69 Å². The molecule has 0 saturated carbocycles. The van der Waals surface area contributed by atoms with E-state index in [1.165, 1.54) is 36.3 Å². The second-order valence-electron chi connectivity index (χ2n) is 3.85. The van der Waals surface area contributed by atoms with Crippen molar-refractivity contribution in [3.8, 4) is 0 Å². The van der Waals surface area contributed by atoms with Gasteiger partial charge in [-0.1, -0.05) is 17.8 Å². The van der Waals surface area contributed by atoms with Gasteiger partial charge in [0.2, 0.25) is 5.91 Å². The van der Waals surface area contributed by atoms with Gasteiger partial charge in [0.05, 0.1) is 10.2 Å². The van der Waals surface area contributed by atoms with Crippen molar-refractivity contribution in [2.24, 2.45) is 0 Å². The molecule has 0 spiro atoms. The first-order valence-electron chi connectivity index (χ1n) is 5.63. The van der Waals surface area contributed by atoms with Crippen molar-refractivity contribution in [2.75, 3.05) is 5.32 Å². The number of nitro benzene ring substituents is 1. The number of H-pyrrole nitrogens is 1. The molecule has 0 unspecified atom stereocenters. The summed E-state index contributed by atoms with van der Waals surface area (Å²) in [6, 6.07) is 5.78. The molecule has 104 valence electrons. The molecular formula is C11H11N5O3S. The smallest absolute Gasteiger partial charge is 0.271 e. The van der Waals surface area contributed by atoms with Crippen molar-refractivity contribution in [1.29, 1.82) is 0 Å². The number of rotatable bonds is 5. The number of aromatic nitrogens is 3. The lowest BCUT2D eigenvalue weighted by Gasteiger charge is -2.10. The Morgan fingerprint density at radius 2 is 2.35 bits per heavy atom. The zero-order valence-electron chi connectivity index (χ0n) is 10.4. The van der Waals surface area contributed by atoms with Gasteiger partial charge in [-0.15, -0.1) is 0 Å². The summed E-state index contributed by atoms with van der Waals surface area (Å²) >= 11 is 1.21. The highest BCUT2D eigenvalue weighted by Crippen LogP contribution is 2.21. The molecule has 1 aromatic heterocycles. The SMILES string of the molecule is C[C@H](Sc1ncn[nH]1)C(=O)Nc1cccc([N+](=O)[O-])c1. The topological polar surface area (TPSA) is 114 Å². The van der Waals surface area contributed by atoms with Crippen LogP contribution < -0.4 is 5.32 Å². The van der Waals surface area contributed by atoms with Gasteiger partial charge in [-0.2, -0.15) is 5.10 Å². The van der Waals surface area contributed by atoms with Crippen LogP contribution in [0.1, 0.15) is 6.92 Å². The third kappa shape index (κ3) is 3.54. The van der Waals surface area contributed by atoms with E-state index in [4.69, 9.17) is 0 Å². The number of benzene rings is 1. The van der Waals surface area contributed by atoms with Gasteiger partial charge in [-0.25, -0.2) is 4.98 Å². The molecule has 0 radical (unpaired) electrons. The minimum atomic E-state index is -0.512. The number of nitrogens with zero attached hydrogens (tertiary/aromatic N) is 3. The molecule has 2 N–H and O–H groups in total. The molecule has 1 amide bonds. The van der Waals surface area contributed by atoms with Crippen LogP contribution in [0.4, 0.5) is 11.4 Å². The second kappa shape index (κ2) is 6.15. The fourth-order valence-corrected chi connectivity index (χ4v) is 2.13. The summed E-state index contributed by atoms with van der Waals surface area (Å²) in [6.07, 6.45) is 1.35. The van der Waals surface area contributed by atoms with E-state index in [0.717, 1.165) is 0 Å². The van der Waals surface area contributed by atoms with Crippen molar-refractivity contribution >= 4 is 29.0 Å². The van der Waals surface area contributed by atoms with E-state index in [2.05, 4.69) is 20.5 Å². The van der Waals surface area contributed by atoms with E-state index in [9.17, 15) is 14.9 Å². The Morgan fingerprint density at radius 1 is 1.55 bits per heavy atom. The number of thioether (sulfide) groups is 1. The highest BCUT2D eigenvalue weighted by Gasteiger charge is 2.17. The van der Waals surface area contributed by atoms with E-state index >= 15 is 0 Å². The molecule has 2 rings (SSSR count). The van der Waals surface area contributed by atoms with E-state index in [-0.39, 0.29) is 11.6 Å². The quantitative estimate of drug-likeness (QED) is 0.494. The Kier molecular flexibility index (Phi) is 4.31. The normalized spacial score (nSPS) is 11.8. The minimum Gasteiger partial charge on any atom is -0.325 e. The molecular weight excluding hydrogens is 282 g/mol. The number of nitro groups is 1. The largest absolute Gasteiger partial charge is 0.325 e. The summed E-state index contributed by atoms with van der Waals surface area (Å²) in [5.74, 6) is -0.271. The van der Waals surface area contributed by atoms with E-state index in [0.29, 0.717) is 10.8 Å². The second-order valence-corrected chi connectivity index (χ2v) is 5.18. The van der Waals surface area contributed by atoms with Crippen LogP contribution in [0.3, 0.4) is 0 Å². The molecule has 20 heavy (non-hydrogen) atoms. The van der Waals surface area contributed by atoms with Gasteiger partial charge >= 0.3 is 0 Å². The fourth-order valence-electron chi connectivity index (χ4n) is 1.41. The Bertz CT molecular complexity index is 616. The Labute approximate surface area is 118 Å². The Balaban J connectivity index is 2.00. The van der Waals surface area contributed by atoms with Gasteiger partial charge in [-0.3, -0.25) is 20.0 Å². The average Bonchev–Trinajstić information content (AvgIpc) is 2.91. The summed E-state index contributed by atoms with van der Waals surface area (Å²) in [6.45, 7) is 1.71. The van der Waals surface area contributed by atoms with E-state index in [1.807, 2.05) is 0 Å². The monoisotopic (exact) mass is 293 g/mol. The standard InChI is InChI=1S/C11H11N5O3S/c1-7(20-11-12-6-13-15-11)10(17)14-8-3-2-4-9(5-8)16(18)19/h2-7H,1H3,(H,14,17)(H,12,13,15)/t7-/m0/s1. The number of amides is 1. The van der Waals surface area contributed by atoms with Crippen molar-refractivity contribution < 1.29 is 9.72 Å². The number of carbonyl (C=O) groups excluding carboxylic acids is 1. The summed E-state index contributed by atoms with van der Waals surface area (Å²) in [5, 5.41) is 19.7. The third-order valence-corrected chi connectivity index (χ3v) is 3.36. The van der Waals surface area contributed by atoms with Crippen LogP contribution >= 0.6 is 11.8 Å². The van der Waals surface area contributed by atoms with Crippen LogP contribution in [0, 0.1) is 10.1 Å². The van der Waals surface area contributed by atoms with E-state index < -0.39 is 10.2 Å². The number of carbonyl (C=O) groups is 1. The maximum absolute atomic E-state index is 12.0. The van der Waals surface area contributed by atoms with Crippen LogP contribution in [-0.4, -0.2) is 31.3 Å². The van der Waals surface area contributed by atoms with Gasteiger partial charge in [-0.05, 0) is 13.0 Å². The fraction of sp³-hybridized carbons (Fsp3) is 0.182. The van der Waals surface area contributed by atoms with Crippen LogP contribution in [-0.2, 0) is 4.79 Å². The molecule has 0 saturated heterocycles. The molecule has 0 aliphatic rings. The molecule has 0 aliphatic carbocycles. The number of anilines is 1. The molecule has 0 fully saturated rings. The van der Waals surface area contributed by atoms with Crippen LogP contribution in [0.5, 0.6) is 0 Å². The van der Waals surface area contributed by atoms with Crippen LogP contribution in [0.2, 0.25) is 0 Å². The predicted molar refractivity (Wildman–Crippen MR) is 73.4 cm³/mol. The maximum atomic E-state index is 12.0. The molecule has 8 nitrogen and oxygen atoms in total. The van der Waals surface area contributed by atoms with Gasteiger partial charge in [0.1, 0.15) is 6.33 Å². The molecule has 0 aliphatic heterocycles. The lowest BCUT2D eigenvalue weighted by atomic mass is 10.2. The van der Waals surface area contributed by atoms with Gasteiger partial charge in [0, 0.05) is 17.8 Å². The lowest BCUT2D eigenvalue weighted by molar-refractivity contribution is -0.384. The molecule has 9 heteroatoms. The van der Waals surface area contributed by atoms with E-state index in [1.54, 1.807) is 13.0 Å². The highest BCUT2D eigenvalue weighted by atomic mass is 32.2. The number of nitrogens with one attached hydrogen (secondary N) is 2. The average molecular weight is 293 g/mol. The molecule has 0 bridgehead atoms. The Hall–Kier alpha value is -2.42. The van der Waals surface area contributed by atoms with Crippen molar-refractivity contribution in [3.63, 3.8) is 0 Å². The van der Waals surface area contributed by atoms with Crippen molar-refractivity contribution in [2.45, 2.75) is 17.3 Å². The van der Waals surface area contributed by atoms with Crippen molar-refractivity contribution in [1.82, 2.24) is 15.2 Å². The third-order valence-electron chi connectivity index (χ3n) is 2.38. The zero-order valence-corrected chi connectivity index (χ0v) is 11.3. The summed E-state index contributed by atoms with van der Waals surface area (Å²) in [4.78, 5) is 26.0.